The second-order valence-corrected chi connectivity index (χ2v) is 16.5. The van der Waals surface area contributed by atoms with E-state index in [9.17, 15) is 10.4 Å². The zero-order valence-corrected chi connectivity index (χ0v) is 34.5. The molecule has 2 N–H and O–H groups in total. The second kappa shape index (κ2) is 18.7. The van der Waals surface area contributed by atoms with Crippen molar-refractivity contribution in [1.82, 2.24) is 19.8 Å². The first-order valence-electron chi connectivity index (χ1n) is 20.0. The number of aromatic nitrogens is 2. The lowest BCUT2D eigenvalue weighted by Gasteiger charge is -2.26. The highest BCUT2D eigenvalue weighted by atomic mass is 32.1. The number of morpholine rings is 2. The first-order chi connectivity index (χ1) is 29.6. The quantitative estimate of drug-likeness (QED) is 0.102. The molecule has 0 saturated carbocycles. The van der Waals surface area contributed by atoms with E-state index in [-0.39, 0.29) is 0 Å². The number of nitrogens with zero attached hydrogens (tertiary/aromatic N) is 6. The number of ether oxygens (including phenoxy) is 3. The van der Waals surface area contributed by atoms with Crippen LogP contribution in [0.2, 0.25) is 0 Å². The summed E-state index contributed by atoms with van der Waals surface area (Å²) in [5.41, 5.74) is 3.93. The summed E-state index contributed by atoms with van der Waals surface area (Å²) in [6.45, 7) is 9.59. The Kier molecular flexibility index (Phi) is 12.4. The van der Waals surface area contributed by atoms with E-state index in [0.717, 1.165) is 110 Å². The Morgan fingerprint density at radius 1 is 0.633 bits per heavy atom. The average Bonchev–Trinajstić information content (AvgIpc) is 3.99. The van der Waals surface area contributed by atoms with Crippen molar-refractivity contribution < 1.29 is 33.5 Å². The summed E-state index contributed by atoms with van der Waals surface area (Å²) in [6, 6.07) is 23.2. The van der Waals surface area contributed by atoms with Gasteiger partial charge >= 0.3 is 0 Å². The Bertz CT molecular complexity index is 2680. The van der Waals surface area contributed by atoms with Crippen molar-refractivity contribution in [3.05, 3.63) is 112 Å². The fraction of sp³-hybridized carbons (Fsp3) is 0.289. The van der Waals surface area contributed by atoms with Crippen LogP contribution >= 0.6 is 22.7 Å². The molecule has 13 nitrogen and oxygen atoms in total. The summed E-state index contributed by atoms with van der Waals surface area (Å²) in [6.07, 6.45) is 5.71. The Hall–Kier alpha value is -5.68. The van der Waals surface area contributed by atoms with E-state index in [1.165, 1.54) is 5.56 Å². The van der Waals surface area contributed by atoms with Crippen LogP contribution in [0, 0.1) is 0 Å². The first-order valence-corrected chi connectivity index (χ1v) is 21.8. The first kappa shape index (κ1) is 39.8. The highest BCUT2D eigenvalue weighted by molar-refractivity contribution is 7.17. The number of benzene rings is 2. The molecule has 0 unspecified atom stereocenters. The van der Waals surface area contributed by atoms with Gasteiger partial charge in [0, 0.05) is 82.8 Å². The van der Waals surface area contributed by atoms with Crippen molar-refractivity contribution in [1.29, 1.82) is 0 Å². The van der Waals surface area contributed by atoms with Gasteiger partial charge in [-0.2, -0.15) is 0 Å². The summed E-state index contributed by atoms with van der Waals surface area (Å²) in [4.78, 5) is 13.8. The standard InChI is InChI=1S/C23H23N3O3S.C22H21N3O4S/c27-25-19-13-22(20-14-23-17(15-24-20)5-11-30-23)29-21-4-3-16(12-18(19)21)2-1-6-26-7-9-28-10-8-26;26-24-18-12-21(19-13-22-15(14-23-19)3-10-30-22)29-20-2-1-16(11-17(18)20)28-9-6-25-4-7-27-8-5-25/h3-5,11-15,27H,1-2,6-10H2;1-3,10-14,26H,4-9H2/b25-19+;24-18+. The highest BCUT2D eigenvalue weighted by Crippen LogP contribution is 2.29. The zero-order valence-electron chi connectivity index (χ0n) is 32.9. The molecule has 8 aromatic rings. The fourth-order valence-electron chi connectivity index (χ4n) is 7.46. The largest absolute Gasteiger partial charge is 0.492 e. The maximum atomic E-state index is 9.63. The van der Waals surface area contributed by atoms with Gasteiger partial charge in [0.05, 0.1) is 31.8 Å². The lowest BCUT2D eigenvalue weighted by Crippen LogP contribution is -2.38. The molecule has 0 amide bonds. The molecule has 15 heteroatoms. The molecule has 10 rings (SSSR count). The van der Waals surface area contributed by atoms with E-state index < -0.39 is 0 Å². The van der Waals surface area contributed by atoms with Crippen LogP contribution in [0.25, 0.3) is 65.0 Å². The van der Waals surface area contributed by atoms with Gasteiger partial charge in [-0.15, -0.1) is 22.7 Å². The number of hydrogen-bond acceptors (Lipinski definition) is 15. The Morgan fingerprint density at radius 3 is 1.77 bits per heavy atom. The molecule has 0 atom stereocenters. The predicted molar refractivity (Wildman–Crippen MR) is 233 cm³/mol. The van der Waals surface area contributed by atoms with Crippen LogP contribution in [0.1, 0.15) is 12.0 Å². The van der Waals surface area contributed by atoms with Gasteiger partial charge in [0.2, 0.25) is 0 Å². The number of aryl methyl sites for hydroxylation is 1. The van der Waals surface area contributed by atoms with E-state index in [2.05, 4.69) is 42.2 Å². The number of pyridine rings is 2. The number of hydrogen-bond donors (Lipinski definition) is 2. The SMILES string of the molecule is O/N=c1\cc(-c2cc3sccc3cn2)oc2ccc(CCCN3CCOCC3)cc12.O/N=c1\cc(-c2cc3sccc3cn2)oc2ccc(OCCN3CCOCC3)cc12. The van der Waals surface area contributed by atoms with E-state index in [1.54, 1.807) is 34.8 Å². The molecule has 6 aromatic heterocycles. The maximum Gasteiger partial charge on any atom is 0.155 e. The van der Waals surface area contributed by atoms with Gasteiger partial charge in [-0.25, -0.2) is 0 Å². The number of rotatable bonds is 10. The van der Waals surface area contributed by atoms with Crippen LogP contribution in [0.5, 0.6) is 5.75 Å². The summed E-state index contributed by atoms with van der Waals surface area (Å²) in [5, 5.41) is 34.9. The van der Waals surface area contributed by atoms with Gasteiger partial charge in [0.1, 0.15) is 45.6 Å². The zero-order chi connectivity index (χ0) is 40.7. The van der Waals surface area contributed by atoms with E-state index in [1.807, 2.05) is 71.7 Å². The third-order valence-electron chi connectivity index (χ3n) is 10.7. The second-order valence-electron chi connectivity index (χ2n) is 14.6. The molecule has 2 saturated heterocycles. The highest BCUT2D eigenvalue weighted by Gasteiger charge is 2.14. The van der Waals surface area contributed by atoms with Gasteiger partial charge in [0.25, 0.3) is 0 Å². The molecular weight excluding hydrogens is 801 g/mol. The minimum Gasteiger partial charge on any atom is -0.492 e. The van der Waals surface area contributed by atoms with Crippen molar-refractivity contribution in [2.24, 2.45) is 10.3 Å². The molecule has 2 aliphatic heterocycles. The predicted octanol–water partition coefficient (Wildman–Crippen LogP) is 7.97. The summed E-state index contributed by atoms with van der Waals surface area (Å²) in [5.74, 6) is 1.85. The number of fused-ring (bicyclic) bond motifs is 4. The fourth-order valence-corrected chi connectivity index (χ4v) is 9.05. The summed E-state index contributed by atoms with van der Waals surface area (Å²) < 4.78 is 31.1. The molecule has 0 spiro atoms. The van der Waals surface area contributed by atoms with Crippen molar-refractivity contribution in [2.45, 2.75) is 12.8 Å². The van der Waals surface area contributed by atoms with Gasteiger partial charge < -0.3 is 33.5 Å². The Balaban J connectivity index is 0.000000154. The Morgan fingerprint density at radius 2 is 1.18 bits per heavy atom. The monoisotopic (exact) mass is 844 g/mol. The molecule has 0 bridgehead atoms. The molecule has 0 aliphatic carbocycles. The van der Waals surface area contributed by atoms with Gasteiger partial charge in [-0.05, 0) is 90.3 Å². The van der Waals surface area contributed by atoms with E-state index in [4.69, 9.17) is 23.0 Å². The van der Waals surface area contributed by atoms with Crippen LogP contribution in [0.3, 0.4) is 0 Å². The third kappa shape index (κ3) is 9.21. The molecule has 2 aliphatic rings. The van der Waals surface area contributed by atoms with Gasteiger partial charge in [0.15, 0.2) is 11.5 Å². The van der Waals surface area contributed by atoms with Crippen LogP contribution in [-0.4, -0.2) is 102 Å². The van der Waals surface area contributed by atoms with Crippen LogP contribution < -0.4 is 15.5 Å². The molecule has 60 heavy (non-hydrogen) atoms. The third-order valence-corrected chi connectivity index (χ3v) is 12.5. The van der Waals surface area contributed by atoms with Crippen molar-refractivity contribution >= 4 is 64.8 Å². The smallest absolute Gasteiger partial charge is 0.155 e. The van der Waals surface area contributed by atoms with Crippen molar-refractivity contribution in [2.75, 3.05) is 72.3 Å². The lowest BCUT2D eigenvalue weighted by molar-refractivity contribution is 0.0322. The average molecular weight is 845 g/mol. The molecule has 2 fully saturated rings. The van der Waals surface area contributed by atoms with Crippen molar-refractivity contribution in [3.8, 4) is 28.7 Å². The van der Waals surface area contributed by atoms with Gasteiger partial charge in [-0.1, -0.05) is 16.4 Å². The minimum absolute atomic E-state index is 0.415. The summed E-state index contributed by atoms with van der Waals surface area (Å²) >= 11 is 3.31. The maximum absolute atomic E-state index is 9.63. The number of thiophene rings is 2. The van der Waals surface area contributed by atoms with E-state index in [0.29, 0.717) is 56.8 Å². The summed E-state index contributed by atoms with van der Waals surface area (Å²) in [7, 11) is 0. The molecule has 0 radical (unpaired) electrons. The normalized spacial score (nSPS) is 15.9. The van der Waals surface area contributed by atoms with E-state index >= 15 is 0 Å². The van der Waals surface area contributed by atoms with Crippen LogP contribution in [-0.2, 0) is 15.9 Å². The lowest BCUT2D eigenvalue weighted by atomic mass is 10.1. The Labute approximate surface area is 353 Å². The van der Waals surface area contributed by atoms with Crippen LogP contribution in [0.4, 0.5) is 0 Å². The molecule has 308 valence electrons. The van der Waals surface area contributed by atoms with Crippen LogP contribution in [0.15, 0.2) is 115 Å². The van der Waals surface area contributed by atoms with Gasteiger partial charge in [-0.3, -0.25) is 19.8 Å². The topological polar surface area (TPSA) is 151 Å². The minimum atomic E-state index is 0.415. The van der Waals surface area contributed by atoms with Crippen molar-refractivity contribution in [3.63, 3.8) is 0 Å². The molecule has 2 aromatic carbocycles. The molecule has 8 heterocycles. The molecular formula is C45H44N6O7S2.